The highest BCUT2D eigenvalue weighted by atomic mass is 32.2. The lowest BCUT2D eigenvalue weighted by Gasteiger charge is -2.13. The molecule has 33 heavy (non-hydrogen) atoms. The predicted molar refractivity (Wildman–Crippen MR) is 134 cm³/mol. The van der Waals surface area contributed by atoms with Crippen LogP contribution in [0.15, 0.2) is 54.9 Å². The number of ketones is 1. The van der Waals surface area contributed by atoms with Crippen molar-refractivity contribution in [2.45, 2.75) is 13.3 Å². The second-order valence-corrected chi connectivity index (χ2v) is 9.30. The number of pyridine rings is 1. The summed E-state index contributed by atoms with van der Waals surface area (Å²) in [5, 5.41) is 0.920. The minimum atomic E-state index is -1.32. The number of carbonyl (C=O) groups excluding carboxylic acids is 1. The molecule has 2 aromatic carbocycles. The van der Waals surface area contributed by atoms with E-state index < -0.39 is 22.6 Å². The number of methoxy groups -OCH3 is 1. The lowest BCUT2D eigenvalue weighted by Crippen LogP contribution is -2.19. The summed E-state index contributed by atoms with van der Waals surface area (Å²) in [6, 6.07) is 12.1. The van der Waals surface area contributed by atoms with Gasteiger partial charge in [0.25, 0.3) is 0 Å². The SMILES string of the molecule is CCCS(=O)Nc1ccc(F)c(C(=O)c2c[nH]c3ncc(-c4ccc(OC)cc4)cc23)c1P. The van der Waals surface area contributed by atoms with E-state index in [1.54, 1.807) is 13.3 Å². The Kier molecular flexibility index (Phi) is 6.86. The predicted octanol–water partition coefficient (Wildman–Crippen LogP) is 4.59. The second kappa shape index (κ2) is 9.81. The van der Waals surface area contributed by atoms with Crippen molar-refractivity contribution in [3.8, 4) is 16.9 Å². The Hall–Kier alpha value is -3.09. The molecule has 0 aliphatic heterocycles. The van der Waals surface area contributed by atoms with E-state index in [4.69, 9.17) is 4.74 Å². The van der Waals surface area contributed by atoms with Crippen LogP contribution in [0.5, 0.6) is 5.75 Å². The van der Waals surface area contributed by atoms with Crippen LogP contribution in [0, 0.1) is 5.82 Å². The zero-order valence-electron chi connectivity index (χ0n) is 18.1. The van der Waals surface area contributed by atoms with Crippen molar-refractivity contribution in [1.29, 1.82) is 0 Å². The van der Waals surface area contributed by atoms with Crippen molar-refractivity contribution < 1.29 is 18.1 Å². The molecule has 0 aliphatic carbocycles. The molecule has 4 aromatic rings. The van der Waals surface area contributed by atoms with E-state index in [2.05, 4.69) is 23.9 Å². The average Bonchev–Trinajstić information content (AvgIpc) is 3.24. The van der Waals surface area contributed by atoms with Gasteiger partial charge in [0.05, 0.1) is 18.4 Å². The molecule has 6 nitrogen and oxygen atoms in total. The van der Waals surface area contributed by atoms with Crippen molar-refractivity contribution in [1.82, 2.24) is 9.97 Å². The van der Waals surface area contributed by atoms with E-state index in [-0.39, 0.29) is 5.56 Å². The molecule has 0 radical (unpaired) electrons. The fraction of sp³-hybridized carbons (Fsp3) is 0.167. The van der Waals surface area contributed by atoms with Gasteiger partial charge in [-0.15, -0.1) is 9.24 Å². The normalized spacial score (nSPS) is 12.0. The Bertz CT molecular complexity index is 1360. The lowest BCUT2D eigenvalue weighted by atomic mass is 10.00. The van der Waals surface area contributed by atoms with E-state index in [9.17, 15) is 13.4 Å². The van der Waals surface area contributed by atoms with Gasteiger partial charge in [0.15, 0.2) is 5.78 Å². The maximum absolute atomic E-state index is 14.8. The number of aromatic amines is 1. The molecule has 0 saturated heterocycles. The minimum absolute atomic E-state index is 0.0887. The summed E-state index contributed by atoms with van der Waals surface area (Å²) < 4.78 is 35.0. The maximum atomic E-state index is 14.8. The number of halogens is 1. The molecule has 0 aliphatic rings. The number of nitrogens with zero attached hydrogens (tertiary/aromatic N) is 1. The van der Waals surface area contributed by atoms with Gasteiger partial charge < -0.3 is 14.4 Å². The fourth-order valence-corrected chi connectivity index (χ4v) is 4.98. The van der Waals surface area contributed by atoms with Crippen LogP contribution in [0.3, 0.4) is 0 Å². The quantitative estimate of drug-likeness (QED) is 0.284. The summed E-state index contributed by atoms with van der Waals surface area (Å²) in [6.45, 7) is 1.92. The van der Waals surface area contributed by atoms with Gasteiger partial charge in [-0.2, -0.15) is 0 Å². The first-order chi connectivity index (χ1) is 15.9. The number of carbonyl (C=O) groups is 1. The molecule has 2 atom stereocenters. The molecule has 170 valence electrons. The lowest BCUT2D eigenvalue weighted by molar-refractivity contribution is 0.103. The fourth-order valence-electron chi connectivity index (χ4n) is 3.54. The summed E-state index contributed by atoms with van der Waals surface area (Å²) >= 11 is 0. The Labute approximate surface area is 195 Å². The van der Waals surface area contributed by atoms with Gasteiger partial charge in [-0.25, -0.2) is 13.6 Å². The average molecular weight is 484 g/mol. The number of aromatic nitrogens is 2. The first-order valence-corrected chi connectivity index (χ1v) is 12.2. The maximum Gasteiger partial charge on any atom is 0.198 e. The van der Waals surface area contributed by atoms with Gasteiger partial charge in [0.1, 0.15) is 28.2 Å². The monoisotopic (exact) mass is 483 g/mol. The minimum Gasteiger partial charge on any atom is -0.497 e. The molecule has 9 heteroatoms. The van der Waals surface area contributed by atoms with E-state index in [1.165, 1.54) is 18.3 Å². The van der Waals surface area contributed by atoms with E-state index in [0.717, 1.165) is 23.3 Å². The van der Waals surface area contributed by atoms with Crippen LogP contribution >= 0.6 is 9.24 Å². The number of H-pyrrole nitrogens is 1. The van der Waals surface area contributed by atoms with Gasteiger partial charge in [0.2, 0.25) is 0 Å². The van der Waals surface area contributed by atoms with E-state index >= 15 is 0 Å². The zero-order chi connectivity index (χ0) is 23.5. The summed E-state index contributed by atoms with van der Waals surface area (Å²) in [6.07, 6.45) is 3.98. The Morgan fingerprint density at radius 1 is 1.21 bits per heavy atom. The van der Waals surface area contributed by atoms with Gasteiger partial charge in [-0.1, -0.05) is 19.1 Å². The van der Waals surface area contributed by atoms with E-state index in [1.807, 2.05) is 37.3 Å². The molecule has 2 aromatic heterocycles. The molecule has 0 spiro atoms. The molecular formula is C24H23FN3O3PS. The van der Waals surface area contributed by atoms with Crippen LogP contribution in [-0.2, 0) is 11.0 Å². The molecule has 2 N–H and O–H groups in total. The first kappa shape index (κ1) is 23.1. The standard InChI is InChI=1S/C24H23FN3O3PS/c1-3-10-33(30)28-20-9-8-19(25)21(23(20)32)22(29)18-13-27-24-17(18)11-15(12-26-24)14-4-6-16(31-2)7-5-14/h4-9,11-13,28H,3,10,32H2,1-2H3,(H,26,27). The molecule has 0 amide bonds. The third kappa shape index (κ3) is 4.68. The second-order valence-electron chi connectivity index (χ2n) is 7.42. The summed E-state index contributed by atoms with van der Waals surface area (Å²) in [5.41, 5.74) is 2.91. The van der Waals surface area contributed by atoms with Crippen LogP contribution in [0.1, 0.15) is 29.3 Å². The number of ether oxygens (including phenoxy) is 1. The van der Waals surface area contributed by atoms with Crippen molar-refractivity contribution in [2.24, 2.45) is 0 Å². The zero-order valence-corrected chi connectivity index (χ0v) is 20.1. The third-order valence-corrected chi connectivity index (χ3v) is 7.06. The smallest absolute Gasteiger partial charge is 0.198 e. The topological polar surface area (TPSA) is 84.1 Å². The number of hydrogen-bond acceptors (Lipinski definition) is 4. The molecular weight excluding hydrogens is 460 g/mol. The number of fused-ring (bicyclic) bond motifs is 1. The summed E-state index contributed by atoms with van der Waals surface area (Å²) in [7, 11) is 2.68. The molecule has 4 rings (SSSR count). The Morgan fingerprint density at radius 2 is 1.97 bits per heavy atom. The highest BCUT2D eigenvalue weighted by molar-refractivity contribution is 7.86. The molecule has 2 unspecified atom stereocenters. The van der Waals surface area contributed by atoms with Crippen molar-refractivity contribution >= 4 is 48.0 Å². The molecule has 0 bridgehead atoms. The molecule has 0 saturated carbocycles. The Balaban J connectivity index is 1.74. The van der Waals surface area contributed by atoms with Gasteiger partial charge >= 0.3 is 0 Å². The number of rotatable bonds is 8. The first-order valence-electron chi connectivity index (χ1n) is 10.3. The van der Waals surface area contributed by atoms with Crippen molar-refractivity contribution in [3.05, 3.63) is 71.8 Å². The highest BCUT2D eigenvalue weighted by Crippen LogP contribution is 2.28. The third-order valence-electron chi connectivity index (χ3n) is 5.23. The summed E-state index contributed by atoms with van der Waals surface area (Å²) in [5.74, 6) is 0.0578. The van der Waals surface area contributed by atoms with Crippen molar-refractivity contribution in [3.63, 3.8) is 0 Å². The number of hydrogen-bond donors (Lipinski definition) is 2. The van der Waals surface area contributed by atoms with Crippen LogP contribution in [0.25, 0.3) is 22.2 Å². The van der Waals surface area contributed by atoms with Gasteiger partial charge in [-0.3, -0.25) is 4.79 Å². The number of anilines is 1. The molecule has 2 heterocycles. The van der Waals surface area contributed by atoms with Crippen molar-refractivity contribution in [2.75, 3.05) is 17.6 Å². The van der Waals surface area contributed by atoms with E-state index in [0.29, 0.717) is 33.3 Å². The summed E-state index contributed by atoms with van der Waals surface area (Å²) in [4.78, 5) is 20.9. The Morgan fingerprint density at radius 3 is 2.67 bits per heavy atom. The van der Waals surface area contributed by atoms with Crippen LogP contribution in [0.2, 0.25) is 0 Å². The van der Waals surface area contributed by atoms with Crippen LogP contribution < -0.4 is 14.8 Å². The number of nitrogens with one attached hydrogen (secondary N) is 2. The van der Waals surface area contributed by atoms with Gasteiger partial charge in [0, 0.05) is 40.0 Å². The highest BCUT2D eigenvalue weighted by Gasteiger charge is 2.23. The number of benzene rings is 2. The van der Waals surface area contributed by atoms with Gasteiger partial charge in [-0.05, 0) is 42.3 Å². The molecule has 0 fully saturated rings. The van der Waals surface area contributed by atoms with Crippen LogP contribution in [-0.4, -0.2) is 32.8 Å². The largest absolute Gasteiger partial charge is 0.497 e. The van der Waals surface area contributed by atoms with Crippen LogP contribution in [0.4, 0.5) is 10.1 Å².